The van der Waals surface area contributed by atoms with Gasteiger partial charge >= 0.3 is 0 Å². The first-order chi connectivity index (χ1) is 13.0. The van der Waals surface area contributed by atoms with Crippen LogP contribution in [0, 0.1) is 0 Å². The maximum atomic E-state index is 12.2. The van der Waals surface area contributed by atoms with Crippen molar-refractivity contribution in [3.8, 4) is 11.5 Å². The molecule has 0 heterocycles. The van der Waals surface area contributed by atoms with E-state index in [1.807, 2.05) is 25.1 Å². The number of amides is 1. The lowest BCUT2D eigenvalue weighted by atomic mass is 10.1. The Balaban J connectivity index is 2.13. The molecule has 0 aliphatic heterocycles. The van der Waals surface area contributed by atoms with Crippen molar-refractivity contribution in [1.82, 2.24) is 5.43 Å². The molecular weight excluding hydrogens is 342 g/mol. The van der Waals surface area contributed by atoms with E-state index in [2.05, 4.69) is 24.4 Å². The summed E-state index contributed by atoms with van der Waals surface area (Å²) in [5.74, 6) is 1.11. The lowest BCUT2D eigenvalue weighted by molar-refractivity contribution is 0.0955. The van der Waals surface area contributed by atoms with Gasteiger partial charge in [-0.15, -0.1) is 0 Å². The predicted octanol–water partition coefficient (Wildman–Crippen LogP) is 4.00. The van der Waals surface area contributed by atoms with E-state index in [4.69, 9.17) is 15.2 Å². The van der Waals surface area contributed by atoms with Crippen LogP contribution in [0.5, 0.6) is 11.5 Å². The molecule has 144 valence electrons. The van der Waals surface area contributed by atoms with Crippen LogP contribution in [0.1, 0.15) is 49.5 Å². The zero-order valence-corrected chi connectivity index (χ0v) is 16.1. The van der Waals surface area contributed by atoms with Gasteiger partial charge in [0.1, 0.15) is 0 Å². The van der Waals surface area contributed by atoms with Gasteiger partial charge in [0, 0.05) is 16.8 Å². The fourth-order valence-electron chi connectivity index (χ4n) is 2.29. The van der Waals surface area contributed by atoms with Crippen molar-refractivity contribution in [1.29, 1.82) is 0 Å². The summed E-state index contributed by atoms with van der Waals surface area (Å²) < 4.78 is 11.5. The van der Waals surface area contributed by atoms with Crippen molar-refractivity contribution < 1.29 is 14.3 Å². The molecule has 27 heavy (non-hydrogen) atoms. The summed E-state index contributed by atoms with van der Waals surface area (Å²) in [6.07, 6.45) is 1.83. The second-order valence-corrected chi connectivity index (χ2v) is 6.12. The molecule has 2 aromatic rings. The fourth-order valence-corrected chi connectivity index (χ4v) is 2.29. The van der Waals surface area contributed by atoms with E-state index in [1.165, 1.54) is 0 Å². The first-order valence-corrected chi connectivity index (χ1v) is 9.15. The van der Waals surface area contributed by atoms with Crippen molar-refractivity contribution in [2.24, 2.45) is 5.10 Å². The summed E-state index contributed by atoms with van der Waals surface area (Å²) in [4.78, 5) is 12.2. The average molecular weight is 369 g/mol. The smallest absolute Gasteiger partial charge is 0.271 e. The van der Waals surface area contributed by atoms with Crippen molar-refractivity contribution in [2.75, 3.05) is 18.9 Å². The van der Waals surface area contributed by atoms with E-state index in [0.29, 0.717) is 41.7 Å². The van der Waals surface area contributed by atoms with Gasteiger partial charge in [0.25, 0.3) is 5.91 Å². The number of carbonyl (C=O) groups excluding carboxylic acids is 1. The summed E-state index contributed by atoms with van der Waals surface area (Å²) >= 11 is 0. The Morgan fingerprint density at radius 1 is 0.963 bits per heavy atom. The van der Waals surface area contributed by atoms with Gasteiger partial charge in [0.15, 0.2) is 11.5 Å². The minimum atomic E-state index is -0.292. The maximum Gasteiger partial charge on any atom is 0.271 e. The molecule has 0 saturated heterocycles. The molecule has 0 bridgehead atoms. The van der Waals surface area contributed by atoms with Crippen LogP contribution in [-0.4, -0.2) is 24.8 Å². The molecule has 0 aromatic heterocycles. The number of ether oxygens (including phenoxy) is 2. The maximum absolute atomic E-state index is 12.2. The highest BCUT2D eigenvalue weighted by molar-refractivity contribution is 6.01. The highest BCUT2D eigenvalue weighted by Gasteiger charge is 2.09. The molecule has 0 atom stereocenters. The minimum absolute atomic E-state index is 0.292. The lowest BCUT2D eigenvalue weighted by Gasteiger charge is -2.13. The number of nitrogens with zero attached hydrogens (tertiary/aromatic N) is 1. The zero-order valence-electron chi connectivity index (χ0n) is 16.1. The van der Waals surface area contributed by atoms with Gasteiger partial charge < -0.3 is 15.2 Å². The predicted molar refractivity (Wildman–Crippen MR) is 109 cm³/mol. The molecule has 1 amide bonds. The minimum Gasteiger partial charge on any atom is -0.490 e. The highest BCUT2D eigenvalue weighted by atomic mass is 16.5. The first-order valence-electron chi connectivity index (χ1n) is 9.15. The Hall–Kier alpha value is -3.02. The van der Waals surface area contributed by atoms with Crippen molar-refractivity contribution >= 4 is 17.3 Å². The summed E-state index contributed by atoms with van der Waals surface area (Å²) in [7, 11) is 0. The molecule has 0 unspecified atom stereocenters. The van der Waals surface area contributed by atoms with Crippen molar-refractivity contribution in [3.63, 3.8) is 0 Å². The van der Waals surface area contributed by atoms with Gasteiger partial charge in [-0.2, -0.15) is 5.10 Å². The Kier molecular flexibility index (Phi) is 7.67. The molecule has 3 N–H and O–H groups in total. The summed E-state index contributed by atoms with van der Waals surface area (Å²) in [5.41, 5.74) is 10.8. The molecule has 0 aliphatic carbocycles. The van der Waals surface area contributed by atoms with E-state index in [1.54, 1.807) is 24.3 Å². The van der Waals surface area contributed by atoms with Gasteiger partial charge in [0.05, 0.1) is 18.9 Å². The third kappa shape index (κ3) is 6.02. The Labute approximate surface area is 160 Å². The van der Waals surface area contributed by atoms with E-state index in [-0.39, 0.29) is 5.91 Å². The molecule has 0 spiro atoms. The number of nitrogens with two attached hydrogens (primary N) is 1. The molecule has 6 nitrogen and oxygen atoms in total. The molecule has 2 aromatic carbocycles. The summed E-state index contributed by atoms with van der Waals surface area (Å²) in [5, 5.41) is 4.20. The molecule has 6 heteroatoms. The second-order valence-electron chi connectivity index (χ2n) is 6.12. The van der Waals surface area contributed by atoms with Crippen molar-refractivity contribution in [2.45, 2.75) is 33.6 Å². The van der Waals surface area contributed by atoms with Crippen LogP contribution >= 0.6 is 0 Å². The SMILES string of the molecule is CCCOc1ccc(/C(C)=N/NC(=O)c2ccc(N)cc2)cc1OCCC. The van der Waals surface area contributed by atoms with Crippen LogP contribution in [0.25, 0.3) is 0 Å². The van der Waals surface area contributed by atoms with Crippen LogP contribution in [-0.2, 0) is 0 Å². The molecule has 2 rings (SSSR count). The van der Waals surface area contributed by atoms with E-state index in [0.717, 1.165) is 18.4 Å². The molecule has 0 aliphatic rings. The van der Waals surface area contributed by atoms with Crippen LogP contribution < -0.4 is 20.6 Å². The van der Waals surface area contributed by atoms with Gasteiger partial charge in [-0.05, 0) is 62.2 Å². The first kappa shape index (κ1) is 20.3. The summed E-state index contributed by atoms with van der Waals surface area (Å²) in [6, 6.07) is 12.3. The number of hydrazone groups is 1. The van der Waals surface area contributed by atoms with Crippen molar-refractivity contribution in [3.05, 3.63) is 53.6 Å². The Morgan fingerprint density at radius 3 is 2.19 bits per heavy atom. The number of rotatable bonds is 9. The number of hydrogen-bond acceptors (Lipinski definition) is 5. The van der Waals surface area contributed by atoms with Gasteiger partial charge in [-0.1, -0.05) is 13.8 Å². The number of hydrogen-bond donors (Lipinski definition) is 2. The molecule has 0 saturated carbocycles. The standard InChI is InChI=1S/C21H27N3O3/c1-4-12-26-19-11-8-17(14-20(19)27-13-5-2)15(3)23-24-21(25)16-6-9-18(22)10-7-16/h6-11,14H,4-5,12-13,22H2,1-3H3,(H,24,25)/b23-15+. The Morgan fingerprint density at radius 2 is 1.56 bits per heavy atom. The van der Waals surface area contributed by atoms with E-state index >= 15 is 0 Å². The van der Waals surface area contributed by atoms with Gasteiger partial charge in [-0.3, -0.25) is 4.79 Å². The quantitative estimate of drug-likeness (QED) is 0.397. The second kappa shape index (κ2) is 10.2. The fraction of sp³-hybridized carbons (Fsp3) is 0.333. The largest absolute Gasteiger partial charge is 0.490 e. The van der Waals surface area contributed by atoms with Crippen LogP contribution in [0.15, 0.2) is 47.6 Å². The van der Waals surface area contributed by atoms with Gasteiger partial charge in [-0.25, -0.2) is 5.43 Å². The topological polar surface area (TPSA) is 85.9 Å². The number of anilines is 1. The van der Waals surface area contributed by atoms with Crippen LogP contribution in [0.3, 0.4) is 0 Å². The lowest BCUT2D eigenvalue weighted by Crippen LogP contribution is -2.19. The number of benzene rings is 2. The molecule has 0 radical (unpaired) electrons. The number of nitrogens with one attached hydrogen (secondary N) is 1. The summed E-state index contributed by atoms with van der Waals surface area (Å²) in [6.45, 7) is 7.18. The normalized spacial score (nSPS) is 11.1. The number of carbonyl (C=O) groups is 1. The average Bonchev–Trinajstić information content (AvgIpc) is 2.69. The number of nitrogen functional groups attached to an aromatic ring is 1. The van der Waals surface area contributed by atoms with E-state index < -0.39 is 0 Å². The molecular formula is C21H27N3O3. The highest BCUT2D eigenvalue weighted by Crippen LogP contribution is 2.29. The van der Waals surface area contributed by atoms with Gasteiger partial charge in [0.2, 0.25) is 0 Å². The third-order valence-corrected chi connectivity index (χ3v) is 3.78. The molecule has 0 fully saturated rings. The van der Waals surface area contributed by atoms with E-state index in [9.17, 15) is 4.79 Å². The van der Waals surface area contributed by atoms with Crippen LogP contribution in [0.2, 0.25) is 0 Å². The monoisotopic (exact) mass is 369 g/mol. The third-order valence-electron chi connectivity index (χ3n) is 3.78. The Bertz CT molecular complexity index is 786. The zero-order chi connectivity index (χ0) is 19.6. The van der Waals surface area contributed by atoms with Crippen LogP contribution in [0.4, 0.5) is 5.69 Å².